The van der Waals surface area contributed by atoms with Crippen LogP contribution in [-0.2, 0) is 40.8 Å². The average Bonchev–Trinajstić information content (AvgIpc) is 3.19. The topological polar surface area (TPSA) is 55.4 Å². The quantitative estimate of drug-likeness (QED) is 0.669. The van der Waals surface area contributed by atoms with Crippen molar-refractivity contribution in [3.63, 3.8) is 0 Å². The molecule has 2 aliphatic heterocycles. The normalized spacial score (nSPS) is 28.9. The minimum Gasteiger partial charge on any atom is -0.382 e. The summed E-state index contributed by atoms with van der Waals surface area (Å²) in [6.07, 6.45) is -1.72. The molecule has 1 saturated heterocycles. The Kier molecular flexibility index (Phi) is 6.96. The van der Waals surface area contributed by atoms with Gasteiger partial charge in [0.2, 0.25) is 5.79 Å². The highest BCUT2D eigenvalue weighted by atomic mass is 16.7. The first-order valence-electron chi connectivity index (χ1n) is 10.7. The molecule has 0 radical (unpaired) electrons. The van der Waals surface area contributed by atoms with Crippen molar-refractivity contribution in [2.24, 2.45) is 0 Å². The second-order valence-electron chi connectivity index (χ2n) is 8.02. The average molecular weight is 439 g/mol. The monoisotopic (exact) mass is 438 g/mol. The van der Waals surface area contributed by atoms with Gasteiger partial charge in [-0.25, -0.2) is 0 Å². The molecule has 2 aromatic carbocycles. The molecule has 1 fully saturated rings. The van der Waals surface area contributed by atoms with Gasteiger partial charge in [-0.2, -0.15) is 0 Å². The molecule has 6 nitrogen and oxygen atoms in total. The van der Waals surface area contributed by atoms with Crippen molar-refractivity contribution >= 4 is 0 Å². The van der Waals surface area contributed by atoms with Gasteiger partial charge in [0.1, 0.15) is 24.4 Å². The zero-order chi connectivity index (χ0) is 22.7. The fourth-order valence-electron chi connectivity index (χ4n) is 4.83. The fourth-order valence-corrected chi connectivity index (χ4v) is 4.83. The molecule has 0 bridgehead atoms. The molecule has 0 N–H and O–H groups in total. The summed E-state index contributed by atoms with van der Waals surface area (Å²) in [6, 6.07) is 14.0. The third-order valence-electron chi connectivity index (χ3n) is 6.23. The van der Waals surface area contributed by atoms with Gasteiger partial charge in [-0.05, 0) is 30.7 Å². The van der Waals surface area contributed by atoms with E-state index in [1.165, 1.54) is 0 Å². The minimum atomic E-state index is -1.14. The first kappa shape index (κ1) is 22.9. The van der Waals surface area contributed by atoms with Crippen LogP contribution in [0.2, 0.25) is 0 Å². The summed E-state index contributed by atoms with van der Waals surface area (Å²) in [5.74, 6) is 5.43. The summed E-state index contributed by atoms with van der Waals surface area (Å²) in [7, 11) is 6.56. The van der Waals surface area contributed by atoms with Crippen LogP contribution in [0, 0.1) is 18.8 Å². The van der Waals surface area contributed by atoms with Crippen molar-refractivity contribution < 1.29 is 28.4 Å². The van der Waals surface area contributed by atoms with Gasteiger partial charge in [0.05, 0.1) is 13.2 Å². The number of hydrogen-bond acceptors (Lipinski definition) is 6. The predicted molar refractivity (Wildman–Crippen MR) is 119 cm³/mol. The Labute approximate surface area is 189 Å². The van der Waals surface area contributed by atoms with Gasteiger partial charge in [0, 0.05) is 50.7 Å². The molecule has 2 heterocycles. The van der Waals surface area contributed by atoms with E-state index in [2.05, 4.69) is 24.8 Å². The standard InChI is InChI=1S/C26H30O6/c1-17-11-13-19(14-12-18-9-7-6-8-10-18)20-15-31-26(22(17)20)25(30-5)24(29-4)23(28-3)21(32-26)16-27-2/h6-11,13,21,23-25H,15-16H2,1-5H3/t21-,23-,24+,25-,26+/m1/s1. The number of rotatable bonds is 5. The molecule has 6 heteroatoms. The van der Waals surface area contributed by atoms with Gasteiger partial charge in [-0.3, -0.25) is 0 Å². The molecule has 0 aromatic heterocycles. The second-order valence-corrected chi connectivity index (χ2v) is 8.02. The van der Waals surface area contributed by atoms with Crippen LogP contribution >= 0.6 is 0 Å². The Morgan fingerprint density at radius 3 is 2.34 bits per heavy atom. The van der Waals surface area contributed by atoms with Crippen molar-refractivity contribution in [1.29, 1.82) is 0 Å². The maximum atomic E-state index is 6.61. The maximum Gasteiger partial charge on any atom is 0.226 e. The summed E-state index contributed by atoms with van der Waals surface area (Å²) in [4.78, 5) is 0. The first-order chi connectivity index (χ1) is 15.6. The van der Waals surface area contributed by atoms with Gasteiger partial charge < -0.3 is 28.4 Å². The van der Waals surface area contributed by atoms with E-state index >= 15 is 0 Å². The molecule has 5 atom stereocenters. The van der Waals surface area contributed by atoms with E-state index in [4.69, 9.17) is 28.4 Å². The largest absolute Gasteiger partial charge is 0.382 e. The van der Waals surface area contributed by atoms with Crippen LogP contribution in [0.1, 0.15) is 27.8 Å². The van der Waals surface area contributed by atoms with Gasteiger partial charge in [-0.1, -0.05) is 36.1 Å². The van der Waals surface area contributed by atoms with Crippen LogP contribution in [0.15, 0.2) is 42.5 Å². The molecular weight excluding hydrogens is 408 g/mol. The Bertz CT molecular complexity index is 995. The van der Waals surface area contributed by atoms with E-state index in [1.807, 2.05) is 36.4 Å². The summed E-state index contributed by atoms with van der Waals surface area (Å²) in [5, 5.41) is 0. The van der Waals surface area contributed by atoms with E-state index in [1.54, 1.807) is 28.4 Å². The lowest BCUT2D eigenvalue weighted by Gasteiger charge is -2.50. The van der Waals surface area contributed by atoms with Crippen LogP contribution < -0.4 is 0 Å². The molecule has 1 spiro atoms. The molecule has 0 amide bonds. The highest BCUT2D eigenvalue weighted by Gasteiger charge is 2.61. The minimum absolute atomic E-state index is 0.335. The van der Waals surface area contributed by atoms with E-state index in [0.29, 0.717) is 13.2 Å². The van der Waals surface area contributed by atoms with Crippen LogP contribution in [0.25, 0.3) is 0 Å². The third kappa shape index (κ3) is 3.86. The van der Waals surface area contributed by atoms with E-state index in [9.17, 15) is 0 Å². The maximum absolute atomic E-state index is 6.61. The Balaban J connectivity index is 1.81. The fraction of sp³-hybridized carbons (Fsp3) is 0.462. The van der Waals surface area contributed by atoms with Crippen molar-refractivity contribution in [2.75, 3.05) is 35.0 Å². The molecule has 0 unspecified atom stereocenters. The zero-order valence-electron chi connectivity index (χ0n) is 19.2. The number of hydrogen-bond donors (Lipinski definition) is 0. The van der Waals surface area contributed by atoms with Gasteiger partial charge in [-0.15, -0.1) is 0 Å². The molecule has 4 rings (SSSR count). The molecule has 2 aromatic rings. The van der Waals surface area contributed by atoms with Crippen molar-refractivity contribution in [1.82, 2.24) is 0 Å². The highest BCUT2D eigenvalue weighted by molar-refractivity contribution is 5.54. The molecule has 0 saturated carbocycles. The Hall–Kier alpha value is -2.24. The summed E-state index contributed by atoms with van der Waals surface area (Å²) in [5.41, 5.74) is 4.88. The van der Waals surface area contributed by atoms with Gasteiger partial charge in [0.25, 0.3) is 0 Å². The lowest BCUT2D eigenvalue weighted by Crippen LogP contribution is -2.65. The SMILES string of the molecule is COC[C@H]1O[C@]2(OCc3c(C#Cc4ccccc4)ccc(C)c32)[C@H](OC)[C@@H](OC)[C@@H]1OC. The van der Waals surface area contributed by atoms with E-state index < -0.39 is 24.1 Å². The van der Waals surface area contributed by atoms with Crippen LogP contribution in [0.4, 0.5) is 0 Å². The van der Waals surface area contributed by atoms with Crippen LogP contribution in [0.3, 0.4) is 0 Å². The smallest absolute Gasteiger partial charge is 0.226 e. The van der Waals surface area contributed by atoms with Crippen LogP contribution in [-0.4, -0.2) is 59.5 Å². The third-order valence-corrected chi connectivity index (χ3v) is 6.23. The second kappa shape index (κ2) is 9.72. The number of fused-ring (bicyclic) bond motifs is 2. The molecule has 170 valence electrons. The van der Waals surface area contributed by atoms with E-state index in [-0.39, 0.29) is 6.10 Å². The summed E-state index contributed by atoms with van der Waals surface area (Å²) >= 11 is 0. The summed E-state index contributed by atoms with van der Waals surface area (Å²) < 4.78 is 36.0. The van der Waals surface area contributed by atoms with Crippen LogP contribution in [0.5, 0.6) is 0 Å². The number of benzene rings is 2. The number of methoxy groups -OCH3 is 4. The van der Waals surface area contributed by atoms with E-state index in [0.717, 1.165) is 27.8 Å². The lowest BCUT2D eigenvalue weighted by atomic mass is 9.84. The predicted octanol–water partition coefficient (Wildman–Crippen LogP) is 3.17. The molecule has 2 aliphatic rings. The Morgan fingerprint density at radius 2 is 1.69 bits per heavy atom. The molecule has 0 aliphatic carbocycles. The van der Waals surface area contributed by atoms with Crippen molar-refractivity contribution in [3.8, 4) is 11.8 Å². The first-order valence-corrected chi connectivity index (χ1v) is 10.7. The van der Waals surface area contributed by atoms with Gasteiger partial charge >= 0.3 is 0 Å². The van der Waals surface area contributed by atoms with Crippen molar-refractivity contribution in [2.45, 2.75) is 43.7 Å². The number of ether oxygens (including phenoxy) is 6. The highest BCUT2D eigenvalue weighted by Crippen LogP contribution is 2.49. The molecular formula is C26H30O6. The molecule has 32 heavy (non-hydrogen) atoms. The van der Waals surface area contributed by atoms with Crippen molar-refractivity contribution in [3.05, 3.63) is 70.3 Å². The number of aryl methyl sites for hydroxylation is 1. The summed E-state index contributed by atoms with van der Waals surface area (Å²) in [6.45, 7) is 2.75. The Morgan fingerprint density at radius 1 is 0.938 bits per heavy atom. The van der Waals surface area contributed by atoms with Gasteiger partial charge in [0.15, 0.2) is 0 Å². The lowest BCUT2D eigenvalue weighted by molar-refractivity contribution is -0.376. The zero-order valence-corrected chi connectivity index (χ0v) is 19.2.